The Morgan fingerprint density at radius 1 is 1.16 bits per heavy atom. The van der Waals surface area contributed by atoms with Gasteiger partial charge in [-0.1, -0.05) is 0 Å². The average molecular weight is 380 g/mol. The quantitative estimate of drug-likeness (QED) is 0.593. The fourth-order valence-electron chi connectivity index (χ4n) is 2.56. The molecule has 1 aliphatic heterocycles. The molecule has 0 aliphatic carbocycles. The van der Waals surface area contributed by atoms with Crippen molar-refractivity contribution in [2.45, 2.75) is 23.9 Å². The molecular formula is C14H17F3N3O4S. The number of hydrogen-bond acceptors (Lipinski definition) is 5. The Bertz CT molecular complexity index is 742. The van der Waals surface area contributed by atoms with Crippen molar-refractivity contribution in [1.29, 1.82) is 0 Å². The largest absolute Gasteiger partial charge is 0.417 e. The molecule has 1 fully saturated rings. The molecule has 1 saturated heterocycles. The van der Waals surface area contributed by atoms with E-state index in [1.54, 1.807) is 6.07 Å². The molecule has 1 heterocycles. The van der Waals surface area contributed by atoms with Gasteiger partial charge < -0.3 is 4.90 Å². The lowest BCUT2D eigenvalue weighted by Crippen LogP contribution is -2.38. The summed E-state index contributed by atoms with van der Waals surface area (Å²) in [6, 6.07) is 2.69. The highest BCUT2D eigenvalue weighted by atomic mass is 32.2. The molecule has 0 aromatic heterocycles. The van der Waals surface area contributed by atoms with Gasteiger partial charge in [-0.3, -0.25) is 10.1 Å². The van der Waals surface area contributed by atoms with Crippen molar-refractivity contribution in [3.05, 3.63) is 33.9 Å². The standard InChI is InChI=1S/C14H17F3N3O4S/c1-18-4-2-6-19(7-3-5-18)25(23,24)13-9-11(14(15,16)17)8-12(10-13)20(21)22/h8,10H,2-7H2,1H3. The van der Waals surface area contributed by atoms with Gasteiger partial charge in [-0.15, -0.1) is 0 Å². The van der Waals surface area contributed by atoms with Crippen molar-refractivity contribution in [2.24, 2.45) is 0 Å². The Labute approximate surface area is 143 Å². The van der Waals surface area contributed by atoms with Crippen molar-refractivity contribution in [1.82, 2.24) is 9.21 Å². The number of sulfonamides is 1. The van der Waals surface area contributed by atoms with Gasteiger partial charge in [0.15, 0.2) is 0 Å². The average Bonchev–Trinajstić information content (AvgIpc) is 2.49. The zero-order valence-corrected chi connectivity index (χ0v) is 14.2. The zero-order chi connectivity index (χ0) is 18.8. The molecule has 0 N–H and O–H groups in total. The van der Waals surface area contributed by atoms with Crippen LogP contribution in [-0.2, 0) is 16.2 Å². The van der Waals surface area contributed by atoms with Crippen LogP contribution in [-0.4, -0.2) is 55.8 Å². The van der Waals surface area contributed by atoms with Crippen molar-refractivity contribution < 1.29 is 26.5 Å². The Hall–Kier alpha value is -1.72. The van der Waals surface area contributed by atoms with Crippen LogP contribution < -0.4 is 0 Å². The van der Waals surface area contributed by atoms with E-state index >= 15 is 0 Å². The predicted octanol–water partition coefficient (Wildman–Crippen LogP) is 2.13. The topological polar surface area (TPSA) is 83.8 Å². The van der Waals surface area contributed by atoms with Crippen LogP contribution in [0.15, 0.2) is 17.0 Å². The highest BCUT2D eigenvalue weighted by molar-refractivity contribution is 7.89. The van der Waals surface area contributed by atoms with E-state index in [-0.39, 0.29) is 19.2 Å². The molecule has 25 heavy (non-hydrogen) atoms. The zero-order valence-electron chi connectivity index (χ0n) is 13.4. The first kappa shape index (κ1) is 19.6. The van der Waals surface area contributed by atoms with E-state index < -0.39 is 37.3 Å². The number of halogens is 3. The van der Waals surface area contributed by atoms with Gasteiger partial charge in [0.25, 0.3) is 5.69 Å². The number of nitrogens with zero attached hydrogens (tertiary/aromatic N) is 3. The summed E-state index contributed by atoms with van der Waals surface area (Å²) in [7, 11) is -2.41. The van der Waals surface area contributed by atoms with Gasteiger partial charge in [-0.05, 0) is 33.0 Å². The minimum absolute atomic E-state index is 0.130. The number of non-ortho nitro benzene ring substituents is 1. The maximum atomic E-state index is 12.9. The van der Waals surface area contributed by atoms with Crippen LogP contribution in [0.1, 0.15) is 18.4 Å². The summed E-state index contributed by atoms with van der Waals surface area (Å²) in [6.07, 6.45) is -3.91. The van der Waals surface area contributed by atoms with E-state index in [4.69, 9.17) is 0 Å². The van der Waals surface area contributed by atoms with Crippen molar-refractivity contribution in [3.8, 4) is 0 Å². The number of hydrogen-bond donors (Lipinski definition) is 0. The summed E-state index contributed by atoms with van der Waals surface area (Å²) >= 11 is 0. The van der Waals surface area contributed by atoms with Crippen LogP contribution in [0.25, 0.3) is 0 Å². The lowest BCUT2D eigenvalue weighted by Gasteiger charge is -2.27. The van der Waals surface area contributed by atoms with E-state index in [0.29, 0.717) is 32.0 Å². The molecule has 2 rings (SSSR count). The Morgan fingerprint density at radius 2 is 1.72 bits per heavy atom. The Morgan fingerprint density at radius 3 is 2.20 bits per heavy atom. The number of benzene rings is 1. The summed E-state index contributed by atoms with van der Waals surface area (Å²) in [5, 5.41) is 10.9. The first-order chi connectivity index (χ1) is 11.5. The number of nitro groups is 1. The van der Waals surface area contributed by atoms with Crippen LogP contribution in [0.5, 0.6) is 0 Å². The monoisotopic (exact) mass is 380 g/mol. The summed E-state index contributed by atoms with van der Waals surface area (Å²) in [5.74, 6) is 0. The number of nitro benzene ring substituents is 1. The summed E-state index contributed by atoms with van der Waals surface area (Å²) in [4.78, 5) is 11.0. The fourth-order valence-corrected chi connectivity index (χ4v) is 4.09. The van der Waals surface area contributed by atoms with Crippen LogP contribution in [0.4, 0.5) is 18.9 Å². The summed E-state index contributed by atoms with van der Waals surface area (Å²) in [6.45, 7) is 1.56. The minimum Gasteiger partial charge on any atom is -0.306 e. The second-order valence-corrected chi connectivity index (χ2v) is 7.69. The van der Waals surface area contributed by atoms with Crippen molar-refractivity contribution >= 4 is 15.7 Å². The molecule has 0 bridgehead atoms. The third kappa shape index (κ3) is 4.67. The van der Waals surface area contributed by atoms with Gasteiger partial charge >= 0.3 is 6.18 Å². The van der Waals surface area contributed by atoms with Crippen molar-refractivity contribution in [3.63, 3.8) is 0 Å². The smallest absolute Gasteiger partial charge is 0.306 e. The summed E-state index contributed by atoms with van der Waals surface area (Å²) in [5.41, 5.74) is -2.41. The maximum absolute atomic E-state index is 12.9. The van der Waals surface area contributed by atoms with Gasteiger partial charge in [0.1, 0.15) is 0 Å². The second kappa shape index (κ2) is 7.26. The molecule has 139 valence electrons. The molecule has 1 aliphatic rings. The third-order valence-electron chi connectivity index (χ3n) is 3.86. The fraction of sp³-hybridized carbons (Fsp3) is 0.571. The summed E-state index contributed by atoms with van der Waals surface area (Å²) < 4.78 is 65.2. The van der Waals surface area contributed by atoms with E-state index in [1.807, 2.05) is 11.9 Å². The Balaban J connectivity index is 2.44. The molecule has 0 unspecified atom stereocenters. The molecule has 7 nitrogen and oxygen atoms in total. The molecular weight excluding hydrogens is 363 g/mol. The first-order valence-electron chi connectivity index (χ1n) is 7.49. The lowest BCUT2D eigenvalue weighted by molar-refractivity contribution is -0.385. The predicted molar refractivity (Wildman–Crippen MR) is 82.4 cm³/mol. The molecule has 0 atom stereocenters. The lowest BCUT2D eigenvalue weighted by atomic mass is 10.2. The Kier molecular flexibility index (Phi) is 5.69. The van der Waals surface area contributed by atoms with Crippen LogP contribution in [0.3, 0.4) is 0 Å². The molecule has 11 heteroatoms. The number of rotatable bonds is 3. The molecule has 0 saturated carbocycles. The molecule has 1 aromatic carbocycles. The van der Waals surface area contributed by atoms with Gasteiger partial charge in [0, 0.05) is 31.3 Å². The van der Waals surface area contributed by atoms with Crippen molar-refractivity contribution in [2.75, 3.05) is 33.2 Å². The normalized spacial score (nSPS) is 18.6. The van der Waals surface area contributed by atoms with Crippen LogP contribution >= 0.6 is 0 Å². The second-order valence-electron chi connectivity index (χ2n) is 5.79. The molecule has 1 radical (unpaired) electrons. The maximum Gasteiger partial charge on any atom is 0.417 e. The molecule has 0 spiro atoms. The van der Waals surface area contributed by atoms with E-state index in [0.717, 1.165) is 4.31 Å². The van der Waals surface area contributed by atoms with Gasteiger partial charge in [-0.2, -0.15) is 17.5 Å². The SMILES string of the molecule is CN1CCCN(S(=O)(=O)c2[c]c(C(F)(F)F)cc([N+](=O)[O-])c2)CCC1. The van der Waals surface area contributed by atoms with E-state index in [1.165, 1.54) is 0 Å². The van der Waals surface area contributed by atoms with Crippen LogP contribution in [0, 0.1) is 16.2 Å². The highest BCUT2D eigenvalue weighted by Crippen LogP contribution is 2.34. The van der Waals surface area contributed by atoms with Gasteiger partial charge in [0.05, 0.1) is 15.4 Å². The van der Waals surface area contributed by atoms with E-state index in [2.05, 4.69) is 0 Å². The highest BCUT2D eigenvalue weighted by Gasteiger charge is 2.36. The molecule has 0 amide bonds. The molecule has 1 aromatic rings. The van der Waals surface area contributed by atoms with Gasteiger partial charge in [0.2, 0.25) is 10.0 Å². The third-order valence-corrected chi connectivity index (χ3v) is 5.68. The van der Waals surface area contributed by atoms with E-state index in [9.17, 15) is 31.7 Å². The minimum atomic E-state index is -4.94. The number of alkyl halides is 3. The van der Waals surface area contributed by atoms with Crippen LogP contribution in [0.2, 0.25) is 0 Å². The van der Waals surface area contributed by atoms with Gasteiger partial charge in [-0.25, -0.2) is 8.42 Å². The first-order valence-corrected chi connectivity index (χ1v) is 8.93.